The normalized spacial score (nSPS) is 10.6. The van der Waals surface area contributed by atoms with Crippen molar-refractivity contribution in [3.63, 3.8) is 0 Å². The Kier molecular flexibility index (Phi) is 7.59. The first kappa shape index (κ1) is 21.5. The Morgan fingerprint density at radius 3 is 2.23 bits per heavy atom. The topological polar surface area (TPSA) is 77.0 Å². The van der Waals surface area contributed by atoms with E-state index in [1.807, 2.05) is 0 Å². The van der Waals surface area contributed by atoms with E-state index >= 15 is 0 Å². The molecule has 30 heavy (non-hydrogen) atoms. The molecule has 0 heterocycles. The first-order chi connectivity index (χ1) is 14.5. The Balaban J connectivity index is 1.45. The van der Waals surface area contributed by atoms with Crippen LogP contribution in [0.5, 0.6) is 11.5 Å². The number of halogens is 2. The second kappa shape index (κ2) is 10.6. The molecule has 0 fully saturated rings. The highest BCUT2D eigenvalue weighted by Crippen LogP contribution is 2.16. The maximum Gasteiger partial charge on any atom is 0.343 e. The minimum Gasteiger partial charge on any atom is -0.484 e. The van der Waals surface area contributed by atoms with E-state index in [2.05, 4.69) is 26.5 Å². The number of rotatable bonds is 7. The van der Waals surface area contributed by atoms with Gasteiger partial charge in [0.25, 0.3) is 5.91 Å². The van der Waals surface area contributed by atoms with E-state index in [9.17, 15) is 9.59 Å². The Hall–Kier alpha value is -3.16. The van der Waals surface area contributed by atoms with Gasteiger partial charge < -0.3 is 9.47 Å². The van der Waals surface area contributed by atoms with Gasteiger partial charge in [0, 0.05) is 9.50 Å². The number of ether oxygens (including phenoxy) is 2. The van der Waals surface area contributed by atoms with Crippen molar-refractivity contribution in [2.24, 2.45) is 5.10 Å². The van der Waals surface area contributed by atoms with E-state index in [4.69, 9.17) is 21.1 Å². The van der Waals surface area contributed by atoms with Crippen LogP contribution in [0.25, 0.3) is 0 Å². The minimum absolute atomic E-state index is 0.177. The lowest BCUT2D eigenvalue weighted by molar-refractivity contribution is -0.123. The van der Waals surface area contributed by atoms with Crippen molar-refractivity contribution in [2.75, 3.05) is 6.61 Å². The monoisotopic (exact) mass is 486 g/mol. The zero-order valence-corrected chi connectivity index (χ0v) is 17.9. The number of nitrogens with zero attached hydrogens (tertiary/aromatic N) is 1. The van der Waals surface area contributed by atoms with Gasteiger partial charge in [0.1, 0.15) is 11.5 Å². The molecule has 0 saturated carbocycles. The van der Waals surface area contributed by atoms with Crippen LogP contribution in [0.2, 0.25) is 5.02 Å². The highest BCUT2D eigenvalue weighted by Gasteiger charge is 2.08. The third kappa shape index (κ3) is 6.72. The molecular formula is C22H16BrClN2O4. The summed E-state index contributed by atoms with van der Waals surface area (Å²) in [7, 11) is 0. The summed E-state index contributed by atoms with van der Waals surface area (Å²) in [6.45, 7) is -0.177. The summed E-state index contributed by atoms with van der Waals surface area (Å²) in [5.41, 5.74) is 3.55. The molecule has 0 aliphatic rings. The number of benzene rings is 3. The SMILES string of the molecule is O=C(COc1ccc(Cl)cc1)N/N=C/c1ccc(OC(=O)c2ccc(Br)cc2)cc1. The smallest absolute Gasteiger partial charge is 0.343 e. The Bertz CT molecular complexity index is 1040. The fraction of sp³-hybridized carbons (Fsp3) is 0.0455. The summed E-state index contributed by atoms with van der Waals surface area (Å²) in [4.78, 5) is 23.9. The quantitative estimate of drug-likeness (QED) is 0.224. The van der Waals surface area contributed by atoms with Crippen LogP contribution >= 0.6 is 27.5 Å². The maximum atomic E-state index is 12.1. The van der Waals surface area contributed by atoms with Gasteiger partial charge in [-0.25, -0.2) is 10.2 Å². The Morgan fingerprint density at radius 1 is 0.933 bits per heavy atom. The van der Waals surface area contributed by atoms with Crippen LogP contribution in [0, 0.1) is 0 Å². The van der Waals surface area contributed by atoms with Crippen LogP contribution in [0.3, 0.4) is 0 Å². The fourth-order valence-electron chi connectivity index (χ4n) is 2.26. The highest BCUT2D eigenvalue weighted by molar-refractivity contribution is 9.10. The number of amides is 1. The highest BCUT2D eigenvalue weighted by atomic mass is 79.9. The summed E-state index contributed by atoms with van der Waals surface area (Å²) >= 11 is 9.11. The van der Waals surface area contributed by atoms with Gasteiger partial charge in [-0.15, -0.1) is 0 Å². The van der Waals surface area contributed by atoms with Crippen LogP contribution in [-0.4, -0.2) is 24.7 Å². The molecule has 152 valence electrons. The molecule has 3 aromatic carbocycles. The van der Waals surface area contributed by atoms with Gasteiger partial charge >= 0.3 is 5.97 Å². The zero-order valence-electron chi connectivity index (χ0n) is 15.5. The Labute approximate surface area is 186 Å². The van der Waals surface area contributed by atoms with E-state index in [-0.39, 0.29) is 6.61 Å². The van der Waals surface area contributed by atoms with Crippen molar-refractivity contribution >= 4 is 45.6 Å². The molecule has 0 aliphatic heterocycles. The van der Waals surface area contributed by atoms with Crippen molar-refractivity contribution in [3.8, 4) is 11.5 Å². The molecule has 0 atom stereocenters. The third-order valence-corrected chi connectivity index (χ3v) is 4.54. The first-order valence-electron chi connectivity index (χ1n) is 8.78. The van der Waals surface area contributed by atoms with Gasteiger partial charge in [-0.2, -0.15) is 5.10 Å². The van der Waals surface area contributed by atoms with Gasteiger partial charge in [-0.05, 0) is 78.4 Å². The standard InChI is InChI=1S/C22H16BrClN2O4/c23-17-5-3-16(4-6-17)22(28)30-20-9-1-15(2-10-20)13-25-26-21(27)14-29-19-11-7-18(24)8-12-19/h1-13H,14H2,(H,26,27)/b25-13+. The van der Waals surface area contributed by atoms with Gasteiger partial charge in [0.05, 0.1) is 11.8 Å². The van der Waals surface area contributed by atoms with Crippen LogP contribution in [0.1, 0.15) is 15.9 Å². The second-order valence-electron chi connectivity index (χ2n) is 6.00. The maximum absolute atomic E-state index is 12.1. The summed E-state index contributed by atoms with van der Waals surface area (Å²) in [5, 5.41) is 4.46. The summed E-state index contributed by atoms with van der Waals surface area (Å²) in [5.74, 6) is 0.0883. The average molecular weight is 488 g/mol. The molecule has 1 N–H and O–H groups in total. The third-order valence-electron chi connectivity index (χ3n) is 3.76. The first-order valence-corrected chi connectivity index (χ1v) is 9.95. The lowest BCUT2D eigenvalue weighted by Crippen LogP contribution is -2.24. The molecular weight excluding hydrogens is 472 g/mol. The number of esters is 1. The predicted octanol–water partition coefficient (Wildman–Crippen LogP) is 4.85. The number of nitrogens with one attached hydrogen (secondary N) is 1. The van der Waals surface area contributed by atoms with E-state index in [0.29, 0.717) is 22.1 Å². The number of hydrogen-bond acceptors (Lipinski definition) is 5. The second-order valence-corrected chi connectivity index (χ2v) is 7.35. The van der Waals surface area contributed by atoms with Crippen LogP contribution in [0.4, 0.5) is 0 Å². The van der Waals surface area contributed by atoms with Gasteiger partial charge in [0.15, 0.2) is 6.61 Å². The van der Waals surface area contributed by atoms with Crippen molar-refractivity contribution in [1.29, 1.82) is 0 Å². The van der Waals surface area contributed by atoms with Crippen LogP contribution in [-0.2, 0) is 4.79 Å². The molecule has 0 saturated heterocycles. The molecule has 1 amide bonds. The summed E-state index contributed by atoms with van der Waals surface area (Å²) < 4.78 is 11.5. The number of carbonyl (C=O) groups excluding carboxylic acids is 2. The van der Waals surface area contributed by atoms with E-state index in [1.54, 1.807) is 72.8 Å². The number of hydrogen-bond donors (Lipinski definition) is 1. The van der Waals surface area contributed by atoms with Crippen molar-refractivity contribution in [3.05, 3.63) is 93.4 Å². The molecule has 0 aromatic heterocycles. The van der Waals surface area contributed by atoms with Gasteiger partial charge in [-0.1, -0.05) is 27.5 Å². The zero-order chi connectivity index (χ0) is 21.3. The molecule has 8 heteroatoms. The lowest BCUT2D eigenvalue weighted by atomic mass is 10.2. The Morgan fingerprint density at radius 2 is 1.57 bits per heavy atom. The van der Waals surface area contributed by atoms with Crippen molar-refractivity contribution in [2.45, 2.75) is 0 Å². The molecule has 0 aliphatic carbocycles. The molecule has 0 spiro atoms. The molecule has 0 bridgehead atoms. The number of hydrazone groups is 1. The van der Waals surface area contributed by atoms with E-state index < -0.39 is 11.9 Å². The van der Waals surface area contributed by atoms with E-state index in [1.165, 1.54) is 6.21 Å². The predicted molar refractivity (Wildman–Crippen MR) is 118 cm³/mol. The summed E-state index contributed by atoms with van der Waals surface area (Å²) in [6, 6.07) is 20.3. The average Bonchev–Trinajstić information content (AvgIpc) is 2.75. The van der Waals surface area contributed by atoms with Crippen molar-refractivity contribution in [1.82, 2.24) is 5.43 Å². The van der Waals surface area contributed by atoms with Crippen LogP contribution in [0.15, 0.2) is 82.4 Å². The minimum atomic E-state index is -0.447. The molecule has 0 unspecified atom stereocenters. The largest absolute Gasteiger partial charge is 0.484 e. The number of carbonyl (C=O) groups is 2. The molecule has 0 radical (unpaired) electrons. The molecule has 6 nitrogen and oxygen atoms in total. The van der Waals surface area contributed by atoms with E-state index in [0.717, 1.165) is 10.0 Å². The lowest BCUT2D eigenvalue weighted by Gasteiger charge is -2.05. The molecule has 3 aromatic rings. The molecule has 3 rings (SSSR count). The van der Waals surface area contributed by atoms with Crippen LogP contribution < -0.4 is 14.9 Å². The van der Waals surface area contributed by atoms with Gasteiger partial charge in [0.2, 0.25) is 0 Å². The van der Waals surface area contributed by atoms with Crippen molar-refractivity contribution < 1.29 is 19.1 Å². The summed E-state index contributed by atoms with van der Waals surface area (Å²) in [6.07, 6.45) is 1.47. The van der Waals surface area contributed by atoms with Gasteiger partial charge in [-0.3, -0.25) is 4.79 Å². The fourth-order valence-corrected chi connectivity index (χ4v) is 2.65.